The molecule has 0 aromatic heterocycles. The molecule has 0 atom stereocenters. The van der Waals surface area contributed by atoms with Gasteiger partial charge in [-0.3, -0.25) is 29.8 Å². The predicted octanol–water partition coefficient (Wildman–Crippen LogP) is 1.37. The van der Waals surface area contributed by atoms with Crippen LogP contribution in [0.5, 0.6) is 0 Å². The molecule has 7 heteroatoms. The Labute approximate surface area is 125 Å². The van der Waals surface area contributed by atoms with Crippen LogP contribution in [0.2, 0.25) is 0 Å². The van der Waals surface area contributed by atoms with E-state index in [9.17, 15) is 19.2 Å². The summed E-state index contributed by atoms with van der Waals surface area (Å²) in [5, 5.41) is 5.17. The number of hydrogen-bond acceptors (Lipinski definition) is 4. The third kappa shape index (κ3) is 1.41. The Hall–Kier alpha value is -2.54. The van der Waals surface area contributed by atoms with E-state index >= 15 is 0 Å². The molecular formula is C14H5BrN2O4. The third-order valence-corrected chi connectivity index (χ3v) is 4.28. The van der Waals surface area contributed by atoms with Crippen LogP contribution in [0.15, 0.2) is 22.7 Å². The Morgan fingerprint density at radius 2 is 1.24 bits per heavy atom. The van der Waals surface area contributed by atoms with Gasteiger partial charge in [0, 0.05) is 31.9 Å². The van der Waals surface area contributed by atoms with Crippen molar-refractivity contribution in [2.45, 2.75) is 0 Å². The van der Waals surface area contributed by atoms with Crippen LogP contribution < -0.4 is 10.6 Å². The summed E-state index contributed by atoms with van der Waals surface area (Å²) in [7, 11) is 0. The summed E-state index contributed by atoms with van der Waals surface area (Å²) < 4.78 is 0.401. The molecule has 0 spiro atoms. The largest absolute Gasteiger partial charge is 0.288 e. The van der Waals surface area contributed by atoms with Crippen LogP contribution in [0.4, 0.5) is 0 Å². The van der Waals surface area contributed by atoms with Gasteiger partial charge in [-0.05, 0) is 34.1 Å². The van der Waals surface area contributed by atoms with Crippen molar-refractivity contribution in [3.05, 3.63) is 44.9 Å². The van der Waals surface area contributed by atoms with Gasteiger partial charge in [0.05, 0.1) is 5.56 Å². The van der Waals surface area contributed by atoms with E-state index < -0.39 is 23.6 Å². The molecule has 0 aliphatic carbocycles. The second kappa shape index (κ2) is 3.76. The van der Waals surface area contributed by atoms with Gasteiger partial charge in [-0.1, -0.05) is 0 Å². The Morgan fingerprint density at radius 3 is 1.90 bits per heavy atom. The van der Waals surface area contributed by atoms with E-state index in [0.29, 0.717) is 15.2 Å². The van der Waals surface area contributed by atoms with Gasteiger partial charge < -0.3 is 0 Å². The Bertz CT molecular complexity index is 932. The minimum atomic E-state index is -0.554. The first-order valence-electron chi connectivity index (χ1n) is 5.99. The highest BCUT2D eigenvalue weighted by Gasteiger charge is 2.34. The van der Waals surface area contributed by atoms with E-state index in [1.54, 1.807) is 0 Å². The van der Waals surface area contributed by atoms with E-state index in [4.69, 9.17) is 0 Å². The quantitative estimate of drug-likeness (QED) is 0.706. The lowest BCUT2D eigenvalue weighted by Gasteiger charge is -2.23. The molecule has 2 aliphatic rings. The summed E-state index contributed by atoms with van der Waals surface area (Å²) in [5.41, 5.74) is 1.07. The number of carbonyl (C=O) groups excluding carboxylic acids is 4. The molecule has 0 saturated heterocycles. The minimum Gasteiger partial charge on any atom is -0.288 e. The highest BCUT2D eigenvalue weighted by Crippen LogP contribution is 2.37. The molecule has 2 aliphatic heterocycles. The zero-order valence-corrected chi connectivity index (χ0v) is 11.8. The normalized spacial score (nSPS) is 16.0. The van der Waals surface area contributed by atoms with Crippen molar-refractivity contribution in [1.82, 2.24) is 10.6 Å². The number of hydrogen-bond donors (Lipinski definition) is 2. The molecular weight excluding hydrogens is 340 g/mol. The first-order chi connectivity index (χ1) is 9.99. The number of nitrogens with one attached hydrogen (secondary N) is 2. The van der Waals surface area contributed by atoms with E-state index in [0.717, 1.165) is 0 Å². The molecule has 6 nitrogen and oxygen atoms in total. The molecule has 2 aromatic carbocycles. The topological polar surface area (TPSA) is 92.3 Å². The Kier molecular flexibility index (Phi) is 2.19. The van der Waals surface area contributed by atoms with Crippen LogP contribution in [0, 0.1) is 0 Å². The van der Waals surface area contributed by atoms with Gasteiger partial charge >= 0.3 is 0 Å². The number of amides is 4. The van der Waals surface area contributed by atoms with Crippen LogP contribution in [0.25, 0.3) is 10.8 Å². The van der Waals surface area contributed by atoms with E-state index in [1.807, 2.05) is 0 Å². The van der Waals surface area contributed by atoms with Crippen LogP contribution in [0.3, 0.4) is 0 Å². The van der Waals surface area contributed by atoms with Crippen molar-refractivity contribution in [2.75, 3.05) is 0 Å². The van der Waals surface area contributed by atoms with Crippen molar-refractivity contribution in [3.8, 4) is 0 Å². The first kappa shape index (κ1) is 12.2. The first-order valence-corrected chi connectivity index (χ1v) is 6.79. The fraction of sp³-hybridized carbons (Fsp3) is 0. The average Bonchev–Trinajstić information content (AvgIpc) is 2.42. The van der Waals surface area contributed by atoms with Crippen molar-refractivity contribution in [1.29, 1.82) is 0 Å². The molecule has 0 radical (unpaired) electrons. The number of benzene rings is 2. The standard InChI is InChI=1S/C14H5BrN2O4/c15-7-3-6-8-4(11(18)16-13(6)20)1-2-5-9(8)10(7)14(21)17-12(5)19/h1-3H,(H,16,18,20)(H,17,19,21). The number of imide groups is 2. The Balaban J connectivity index is 2.33. The van der Waals surface area contributed by atoms with Crippen LogP contribution in [-0.4, -0.2) is 23.6 Å². The van der Waals surface area contributed by atoms with Crippen molar-refractivity contribution in [3.63, 3.8) is 0 Å². The van der Waals surface area contributed by atoms with E-state index in [1.165, 1.54) is 18.2 Å². The van der Waals surface area contributed by atoms with Gasteiger partial charge in [-0.2, -0.15) is 0 Å². The van der Waals surface area contributed by atoms with Gasteiger partial charge in [0.1, 0.15) is 0 Å². The average molecular weight is 345 g/mol. The van der Waals surface area contributed by atoms with Gasteiger partial charge in [0.2, 0.25) is 0 Å². The van der Waals surface area contributed by atoms with Gasteiger partial charge in [0.15, 0.2) is 0 Å². The maximum atomic E-state index is 12.0. The van der Waals surface area contributed by atoms with Gasteiger partial charge in [-0.15, -0.1) is 0 Å². The van der Waals surface area contributed by atoms with Crippen molar-refractivity contribution >= 4 is 50.3 Å². The van der Waals surface area contributed by atoms with E-state index in [2.05, 4.69) is 26.6 Å². The monoisotopic (exact) mass is 344 g/mol. The second-order valence-corrected chi connectivity index (χ2v) is 5.61. The molecule has 4 amide bonds. The highest BCUT2D eigenvalue weighted by molar-refractivity contribution is 9.10. The minimum absolute atomic E-state index is 0.257. The zero-order valence-electron chi connectivity index (χ0n) is 10.2. The fourth-order valence-electron chi connectivity index (χ4n) is 2.78. The molecule has 0 fully saturated rings. The maximum absolute atomic E-state index is 12.0. The van der Waals surface area contributed by atoms with Crippen LogP contribution in [0.1, 0.15) is 41.4 Å². The molecule has 102 valence electrons. The molecule has 2 N–H and O–H groups in total. The zero-order chi connectivity index (χ0) is 14.9. The summed E-state index contributed by atoms with van der Waals surface area (Å²) in [6, 6.07) is 4.45. The lowest BCUT2D eigenvalue weighted by atomic mass is 9.87. The Morgan fingerprint density at radius 1 is 0.714 bits per heavy atom. The summed E-state index contributed by atoms with van der Waals surface area (Å²) in [6.07, 6.45) is 0. The molecule has 4 rings (SSSR count). The lowest BCUT2D eigenvalue weighted by Crippen LogP contribution is -2.38. The molecule has 0 bridgehead atoms. The SMILES string of the molecule is O=C1NC(=O)c2cc(Br)c3c4c(ccc1c24)C(=O)NC3=O. The van der Waals surface area contributed by atoms with Gasteiger partial charge in [-0.25, -0.2) is 0 Å². The molecule has 2 heterocycles. The molecule has 21 heavy (non-hydrogen) atoms. The van der Waals surface area contributed by atoms with Crippen molar-refractivity contribution in [2.24, 2.45) is 0 Å². The maximum Gasteiger partial charge on any atom is 0.259 e. The summed E-state index contributed by atoms with van der Waals surface area (Å²) in [4.78, 5) is 47.9. The smallest absolute Gasteiger partial charge is 0.259 e. The van der Waals surface area contributed by atoms with E-state index in [-0.39, 0.29) is 22.3 Å². The second-order valence-electron chi connectivity index (χ2n) is 4.76. The number of rotatable bonds is 0. The molecule has 0 unspecified atom stereocenters. The highest BCUT2D eigenvalue weighted by atomic mass is 79.9. The predicted molar refractivity (Wildman–Crippen MR) is 75.2 cm³/mol. The third-order valence-electron chi connectivity index (χ3n) is 3.65. The van der Waals surface area contributed by atoms with Crippen molar-refractivity contribution < 1.29 is 19.2 Å². The lowest BCUT2D eigenvalue weighted by molar-refractivity contribution is 0.0823. The van der Waals surface area contributed by atoms with Gasteiger partial charge in [0.25, 0.3) is 23.6 Å². The summed E-state index contributed by atoms with van der Waals surface area (Å²) >= 11 is 3.25. The van der Waals surface area contributed by atoms with Crippen LogP contribution in [-0.2, 0) is 0 Å². The molecule has 2 aromatic rings. The number of halogens is 1. The molecule has 0 saturated carbocycles. The summed E-state index contributed by atoms with van der Waals surface area (Å²) in [5.74, 6) is -2.18. The van der Waals surface area contributed by atoms with Crippen LogP contribution >= 0.6 is 15.9 Å². The summed E-state index contributed by atoms with van der Waals surface area (Å²) in [6.45, 7) is 0. The fourth-order valence-corrected chi connectivity index (χ4v) is 3.39. The number of carbonyl (C=O) groups is 4.